The zero-order valence-corrected chi connectivity index (χ0v) is 15.3. The lowest BCUT2D eigenvalue weighted by Crippen LogP contribution is -2.31. The molecule has 0 radical (unpaired) electrons. The Labute approximate surface area is 156 Å². The van der Waals surface area contributed by atoms with Crippen LogP contribution in [0.3, 0.4) is 0 Å². The van der Waals surface area contributed by atoms with Gasteiger partial charge in [0.1, 0.15) is 12.4 Å². The fraction of sp³-hybridized carbons (Fsp3) is 0.267. The Balaban J connectivity index is 1.80. The molecule has 0 spiro atoms. The summed E-state index contributed by atoms with van der Waals surface area (Å²) in [6.07, 6.45) is 0. The Bertz CT molecular complexity index is 799. The molecule has 1 heterocycles. The van der Waals surface area contributed by atoms with E-state index >= 15 is 0 Å². The molecule has 2 N–H and O–H groups in total. The first kappa shape index (κ1) is 19.8. The van der Waals surface area contributed by atoms with E-state index in [1.807, 2.05) is 0 Å². The summed E-state index contributed by atoms with van der Waals surface area (Å²) in [5, 5.41) is 12.7. The number of esters is 1. The first-order valence-electron chi connectivity index (χ1n) is 7.44. The molecule has 1 aromatic carbocycles. The van der Waals surface area contributed by atoms with Crippen molar-refractivity contribution in [1.82, 2.24) is 15.5 Å². The van der Waals surface area contributed by atoms with Crippen molar-refractivity contribution in [3.05, 3.63) is 35.6 Å². The van der Waals surface area contributed by atoms with Gasteiger partial charge in [-0.1, -0.05) is 35.2 Å². The number of nitrogens with zero attached hydrogens (tertiary/aromatic N) is 2. The van der Waals surface area contributed by atoms with Gasteiger partial charge in [-0.2, -0.15) is 0 Å². The zero-order valence-electron chi connectivity index (χ0n) is 13.7. The van der Waals surface area contributed by atoms with Gasteiger partial charge >= 0.3 is 5.97 Å². The highest BCUT2D eigenvalue weighted by molar-refractivity contribution is 8.01. The highest BCUT2D eigenvalue weighted by Gasteiger charge is 2.14. The van der Waals surface area contributed by atoms with E-state index in [0.29, 0.717) is 4.34 Å². The summed E-state index contributed by atoms with van der Waals surface area (Å²) in [5.41, 5.74) is -0.102. The number of thioether (sulfide) groups is 1. The average Bonchev–Trinajstić information content (AvgIpc) is 3.06. The van der Waals surface area contributed by atoms with Gasteiger partial charge in [-0.25, -0.2) is 4.39 Å². The third kappa shape index (κ3) is 6.08. The van der Waals surface area contributed by atoms with E-state index < -0.39 is 17.7 Å². The monoisotopic (exact) mass is 398 g/mol. The van der Waals surface area contributed by atoms with Crippen LogP contribution in [-0.4, -0.2) is 46.9 Å². The number of halogens is 1. The molecule has 11 heteroatoms. The lowest BCUT2D eigenvalue weighted by molar-refractivity contribution is -0.143. The van der Waals surface area contributed by atoms with Crippen molar-refractivity contribution >= 4 is 46.0 Å². The molecule has 26 heavy (non-hydrogen) atoms. The molecule has 2 aromatic rings. The number of benzene rings is 1. The maximum absolute atomic E-state index is 13.6. The number of hydrogen-bond donors (Lipinski definition) is 2. The van der Waals surface area contributed by atoms with Crippen LogP contribution in [0.5, 0.6) is 0 Å². The first-order valence-corrected chi connectivity index (χ1v) is 9.24. The van der Waals surface area contributed by atoms with E-state index in [4.69, 9.17) is 4.74 Å². The Hall–Kier alpha value is -2.53. The second-order valence-corrected chi connectivity index (χ2v) is 6.88. The van der Waals surface area contributed by atoms with Crippen LogP contribution < -0.4 is 10.6 Å². The Morgan fingerprint density at radius 2 is 2.04 bits per heavy atom. The normalized spacial score (nSPS) is 10.2. The second-order valence-electron chi connectivity index (χ2n) is 4.68. The molecule has 138 valence electrons. The quantitative estimate of drug-likeness (QED) is 0.396. The summed E-state index contributed by atoms with van der Waals surface area (Å²) >= 11 is 2.15. The molecular formula is C15H15FN4O4S2. The molecule has 0 fully saturated rings. The van der Waals surface area contributed by atoms with Crippen molar-refractivity contribution in [2.24, 2.45) is 0 Å². The number of anilines is 1. The lowest BCUT2D eigenvalue weighted by Gasteiger charge is -2.03. The van der Waals surface area contributed by atoms with Gasteiger partial charge in [0.2, 0.25) is 11.0 Å². The van der Waals surface area contributed by atoms with Gasteiger partial charge in [0.15, 0.2) is 4.34 Å². The molecule has 0 aliphatic rings. The molecule has 0 aliphatic heterocycles. The Morgan fingerprint density at radius 1 is 1.27 bits per heavy atom. The van der Waals surface area contributed by atoms with E-state index in [1.165, 1.54) is 18.2 Å². The van der Waals surface area contributed by atoms with Gasteiger partial charge in [-0.3, -0.25) is 19.7 Å². The van der Waals surface area contributed by atoms with Crippen molar-refractivity contribution < 1.29 is 23.5 Å². The van der Waals surface area contributed by atoms with Crippen molar-refractivity contribution in [1.29, 1.82) is 0 Å². The maximum atomic E-state index is 13.6. The van der Waals surface area contributed by atoms with Gasteiger partial charge < -0.3 is 10.1 Å². The maximum Gasteiger partial charge on any atom is 0.325 e. The fourth-order valence-corrected chi connectivity index (χ4v) is 3.27. The van der Waals surface area contributed by atoms with Crippen molar-refractivity contribution in [3.8, 4) is 0 Å². The van der Waals surface area contributed by atoms with Crippen LogP contribution in [0, 0.1) is 5.82 Å². The zero-order chi connectivity index (χ0) is 18.9. The number of rotatable bonds is 8. The molecule has 1 aromatic heterocycles. The van der Waals surface area contributed by atoms with E-state index in [0.717, 1.165) is 23.1 Å². The van der Waals surface area contributed by atoms with Gasteiger partial charge in [0.25, 0.3) is 5.91 Å². The van der Waals surface area contributed by atoms with Crippen molar-refractivity contribution in [2.45, 2.75) is 11.3 Å². The smallest absolute Gasteiger partial charge is 0.325 e. The van der Waals surface area contributed by atoms with E-state index in [1.54, 1.807) is 13.0 Å². The minimum Gasteiger partial charge on any atom is -0.465 e. The average molecular weight is 398 g/mol. The van der Waals surface area contributed by atoms with Crippen molar-refractivity contribution in [3.63, 3.8) is 0 Å². The topological polar surface area (TPSA) is 110 Å². The highest BCUT2D eigenvalue weighted by Crippen LogP contribution is 2.25. The number of hydrogen-bond acceptors (Lipinski definition) is 8. The summed E-state index contributed by atoms with van der Waals surface area (Å²) < 4.78 is 18.7. The molecule has 0 atom stereocenters. The molecule has 0 bridgehead atoms. The molecule has 0 saturated carbocycles. The third-order valence-electron chi connectivity index (χ3n) is 2.81. The van der Waals surface area contributed by atoms with Crippen molar-refractivity contribution in [2.75, 3.05) is 24.2 Å². The molecule has 2 rings (SSSR count). The molecule has 0 unspecified atom stereocenters. The largest absolute Gasteiger partial charge is 0.465 e. The number of nitrogens with one attached hydrogen (secondary N) is 2. The molecular weight excluding hydrogens is 383 g/mol. The summed E-state index contributed by atoms with van der Waals surface area (Å²) in [7, 11) is 0. The number of carbonyl (C=O) groups is 3. The summed E-state index contributed by atoms with van der Waals surface area (Å²) in [6, 6.07) is 5.58. The highest BCUT2D eigenvalue weighted by atomic mass is 32.2. The number of amides is 2. The van der Waals surface area contributed by atoms with Crippen LogP contribution in [0.1, 0.15) is 17.3 Å². The van der Waals surface area contributed by atoms with Crippen LogP contribution in [0.15, 0.2) is 28.6 Å². The van der Waals surface area contributed by atoms with Gasteiger partial charge in [0, 0.05) is 0 Å². The minimum absolute atomic E-state index is 0.0231. The predicted molar refractivity (Wildman–Crippen MR) is 94.6 cm³/mol. The van der Waals surface area contributed by atoms with Gasteiger partial charge in [0.05, 0.1) is 17.9 Å². The Morgan fingerprint density at radius 3 is 2.77 bits per heavy atom. The second kappa shape index (κ2) is 9.82. The first-order chi connectivity index (χ1) is 12.5. The number of carbonyl (C=O) groups excluding carboxylic acids is 3. The molecule has 0 saturated heterocycles. The molecule has 2 amide bonds. The van der Waals surface area contributed by atoms with Crippen LogP contribution in [0.25, 0.3) is 0 Å². The van der Waals surface area contributed by atoms with Crippen LogP contribution in [-0.2, 0) is 14.3 Å². The predicted octanol–water partition coefficient (Wildman–Crippen LogP) is 1.70. The summed E-state index contributed by atoms with van der Waals surface area (Å²) in [4.78, 5) is 34.8. The molecule has 8 nitrogen and oxygen atoms in total. The standard InChI is InChI=1S/C15H15FN4O4S2/c1-2-24-12(22)7-17-11(21)8-25-15-20-19-14(26-15)18-13(23)9-5-3-4-6-10(9)16/h3-6H,2,7-8H2,1H3,(H,17,21)(H,18,19,23). The lowest BCUT2D eigenvalue weighted by atomic mass is 10.2. The fourth-order valence-electron chi connectivity index (χ4n) is 1.69. The SMILES string of the molecule is CCOC(=O)CNC(=O)CSc1nnc(NC(=O)c2ccccc2F)s1. The number of aromatic nitrogens is 2. The summed E-state index contributed by atoms with van der Waals surface area (Å²) in [5.74, 6) is -2.13. The number of ether oxygens (including phenoxy) is 1. The van der Waals surface area contributed by atoms with Crippen LogP contribution in [0.4, 0.5) is 9.52 Å². The summed E-state index contributed by atoms with van der Waals surface area (Å²) in [6.45, 7) is 1.72. The van der Waals surface area contributed by atoms with Crippen LogP contribution in [0.2, 0.25) is 0 Å². The van der Waals surface area contributed by atoms with Crippen LogP contribution >= 0.6 is 23.1 Å². The van der Waals surface area contributed by atoms with Gasteiger partial charge in [-0.15, -0.1) is 10.2 Å². The minimum atomic E-state index is -0.637. The molecule has 0 aliphatic carbocycles. The van der Waals surface area contributed by atoms with Gasteiger partial charge in [-0.05, 0) is 19.1 Å². The van der Waals surface area contributed by atoms with E-state index in [2.05, 4.69) is 20.8 Å². The van der Waals surface area contributed by atoms with E-state index in [9.17, 15) is 18.8 Å². The van der Waals surface area contributed by atoms with E-state index in [-0.39, 0.29) is 35.5 Å². The third-order valence-corrected chi connectivity index (χ3v) is 4.78. The Kier molecular flexibility index (Phi) is 7.48.